The molecule has 0 radical (unpaired) electrons. The van der Waals surface area contributed by atoms with Crippen LogP contribution in [0, 0.1) is 0 Å². The van der Waals surface area contributed by atoms with Gasteiger partial charge in [0.1, 0.15) is 4.70 Å². The number of hydrogen-bond donors (Lipinski definition) is 1. The van der Waals surface area contributed by atoms with Gasteiger partial charge in [-0.2, -0.15) is 4.98 Å². The third-order valence-corrected chi connectivity index (χ3v) is 6.75. The first-order valence-electron chi connectivity index (χ1n) is 9.18. The van der Waals surface area contributed by atoms with Crippen LogP contribution in [0.4, 0.5) is 5.13 Å². The van der Waals surface area contributed by atoms with E-state index in [0.29, 0.717) is 22.0 Å². The molecule has 28 heavy (non-hydrogen) atoms. The number of thioether (sulfide) groups is 1. The largest absolute Gasteiger partial charge is 0.351 e. The van der Waals surface area contributed by atoms with Crippen molar-refractivity contribution in [1.82, 2.24) is 19.9 Å². The second-order valence-corrected chi connectivity index (χ2v) is 8.57. The highest BCUT2D eigenvalue weighted by atomic mass is 32.2. The van der Waals surface area contributed by atoms with Crippen molar-refractivity contribution in [2.45, 2.75) is 24.5 Å². The van der Waals surface area contributed by atoms with Crippen molar-refractivity contribution >= 4 is 44.5 Å². The zero-order valence-electron chi connectivity index (χ0n) is 15.6. The summed E-state index contributed by atoms with van der Waals surface area (Å²) in [7, 11) is 1.69. The highest BCUT2D eigenvalue weighted by Gasteiger charge is 2.20. The third-order valence-electron chi connectivity index (χ3n) is 4.63. The maximum Gasteiger partial charge on any atom is 0.273 e. The Labute approximate surface area is 170 Å². The molecule has 1 aliphatic rings. The minimum atomic E-state index is -0.111. The second-order valence-electron chi connectivity index (χ2n) is 6.65. The first-order chi connectivity index (χ1) is 13.6. The van der Waals surface area contributed by atoms with E-state index < -0.39 is 0 Å². The van der Waals surface area contributed by atoms with Crippen LogP contribution in [0.1, 0.15) is 18.4 Å². The number of thiazole rings is 1. The van der Waals surface area contributed by atoms with Gasteiger partial charge < -0.3 is 10.2 Å². The highest BCUT2D eigenvalue weighted by Crippen LogP contribution is 2.29. The Kier molecular flexibility index (Phi) is 5.63. The van der Waals surface area contributed by atoms with Crippen molar-refractivity contribution in [2.24, 2.45) is 7.05 Å². The molecular formula is C19H21N5O2S2. The van der Waals surface area contributed by atoms with Gasteiger partial charge in [0.05, 0.1) is 5.75 Å². The summed E-state index contributed by atoms with van der Waals surface area (Å²) in [6.45, 7) is 2.43. The lowest BCUT2D eigenvalue weighted by Crippen LogP contribution is -2.25. The normalized spacial score (nSPS) is 14.0. The van der Waals surface area contributed by atoms with Crippen LogP contribution in [0.3, 0.4) is 0 Å². The average Bonchev–Trinajstić information content (AvgIpc) is 3.38. The van der Waals surface area contributed by atoms with Crippen LogP contribution in [-0.4, -0.2) is 39.3 Å². The Morgan fingerprint density at radius 2 is 1.96 bits per heavy atom. The van der Waals surface area contributed by atoms with E-state index in [-0.39, 0.29) is 17.2 Å². The molecule has 1 aromatic carbocycles. The third kappa shape index (κ3) is 4.05. The van der Waals surface area contributed by atoms with Crippen LogP contribution in [-0.2, 0) is 18.4 Å². The molecule has 1 amide bonds. The van der Waals surface area contributed by atoms with E-state index in [0.717, 1.165) is 36.6 Å². The number of nitrogens with one attached hydrogen (secondary N) is 1. The number of anilines is 1. The molecule has 3 aromatic rings. The Bertz CT molecular complexity index is 1040. The summed E-state index contributed by atoms with van der Waals surface area (Å²) in [5, 5.41) is 4.25. The van der Waals surface area contributed by atoms with Crippen LogP contribution in [0.15, 0.2) is 40.3 Å². The van der Waals surface area contributed by atoms with Gasteiger partial charge in [0.25, 0.3) is 5.56 Å². The lowest BCUT2D eigenvalue weighted by molar-refractivity contribution is -0.118. The van der Waals surface area contributed by atoms with Gasteiger partial charge >= 0.3 is 0 Å². The molecule has 0 aliphatic carbocycles. The van der Waals surface area contributed by atoms with Crippen LogP contribution in [0.25, 0.3) is 10.3 Å². The first kappa shape index (κ1) is 18.9. The molecule has 0 saturated carbocycles. The van der Waals surface area contributed by atoms with Crippen molar-refractivity contribution < 1.29 is 4.79 Å². The summed E-state index contributed by atoms with van der Waals surface area (Å²) in [4.78, 5) is 36.2. The van der Waals surface area contributed by atoms with Crippen molar-refractivity contribution in [2.75, 3.05) is 23.7 Å². The molecule has 7 nitrogen and oxygen atoms in total. The molecule has 4 rings (SSSR count). The SMILES string of the molecule is Cn1c(SCC(=O)NCc2ccccc2)nc2nc(N3CCCC3)sc2c1=O. The van der Waals surface area contributed by atoms with Crippen LogP contribution in [0.2, 0.25) is 0 Å². The van der Waals surface area contributed by atoms with E-state index in [1.165, 1.54) is 27.7 Å². The number of amides is 1. The van der Waals surface area contributed by atoms with Gasteiger partial charge in [-0.25, -0.2) is 4.98 Å². The lowest BCUT2D eigenvalue weighted by Gasteiger charge is -2.11. The molecule has 1 fully saturated rings. The lowest BCUT2D eigenvalue weighted by atomic mass is 10.2. The van der Waals surface area contributed by atoms with E-state index in [1.807, 2.05) is 30.3 Å². The Hall–Kier alpha value is -2.39. The molecule has 0 bridgehead atoms. The molecule has 146 valence electrons. The number of aromatic nitrogens is 3. The van der Waals surface area contributed by atoms with Gasteiger partial charge in [0.15, 0.2) is 15.9 Å². The average molecular weight is 416 g/mol. The zero-order chi connectivity index (χ0) is 19.5. The number of rotatable bonds is 6. The maximum atomic E-state index is 12.7. The first-order valence-corrected chi connectivity index (χ1v) is 11.0. The smallest absolute Gasteiger partial charge is 0.273 e. The molecule has 0 atom stereocenters. The fraction of sp³-hybridized carbons (Fsp3) is 0.368. The second kappa shape index (κ2) is 8.32. The molecule has 9 heteroatoms. The molecule has 1 N–H and O–H groups in total. The predicted octanol–water partition coefficient (Wildman–Crippen LogP) is 2.40. The number of nitrogens with zero attached hydrogens (tertiary/aromatic N) is 4. The molecule has 1 aliphatic heterocycles. The standard InChI is InChI=1S/C19H21N5O2S2/c1-23-17(26)15-16(22-19(28-15)24-9-5-6-10-24)21-18(23)27-12-14(25)20-11-13-7-3-2-4-8-13/h2-4,7-8H,5-6,9-12H2,1H3,(H,20,25). The van der Waals surface area contributed by atoms with E-state index >= 15 is 0 Å². The fourth-order valence-electron chi connectivity index (χ4n) is 3.07. The van der Waals surface area contributed by atoms with Gasteiger partial charge in [-0.05, 0) is 18.4 Å². The number of benzene rings is 1. The van der Waals surface area contributed by atoms with Crippen molar-refractivity contribution in [3.8, 4) is 0 Å². The number of fused-ring (bicyclic) bond motifs is 1. The van der Waals surface area contributed by atoms with Crippen LogP contribution in [0.5, 0.6) is 0 Å². The molecule has 2 aromatic heterocycles. The Balaban J connectivity index is 1.45. The number of carbonyl (C=O) groups is 1. The summed E-state index contributed by atoms with van der Waals surface area (Å²) < 4.78 is 2.07. The van der Waals surface area contributed by atoms with Crippen molar-refractivity contribution in [3.63, 3.8) is 0 Å². The molecule has 3 heterocycles. The number of carbonyl (C=O) groups excluding carboxylic acids is 1. The molecule has 0 unspecified atom stereocenters. The quantitative estimate of drug-likeness (QED) is 0.492. The zero-order valence-corrected chi connectivity index (χ0v) is 17.2. The van der Waals surface area contributed by atoms with E-state index in [2.05, 4.69) is 20.2 Å². The highest BCUT2D eigenvalue weighted by molar-refractivity contribution is 7.99. The van der Waals surface area contributed by atoms with Crippen molar-refractivity contribution in [1.29, 1.82) is 0 Å². The predicted molar refractivity (Wildman–Crippen MR) is 113 cm³/mol. The van der Waals surface area contributed by atoms with Crippen LogP contribution >= 0.6 is 23.1 Å². The minimum absolute atomic E-state index is 0.0979. The monoisotopic (exact) mass is 415 g/mol. The van der Waals surface area contributed by atoms with E-state index in [1.54, 1.807) is 7.05 Å². The molecule has 1 saturated heterocycles. The summed E-state index contributed by atoms with van der Waals surface area (Å²) >= 11 is 2.66. The van der Waals surface area contributed by atoms with Gasteiger partial charge in [0, 0.05) is 26.7 Å². The van der Waals surface area contributed by atoms with Crippen LogP contribution < -0.4 is 15.8 Å². The van der Waals surface area contributed by atoms with E-state index in [4.69, 9.17) is 0 Å². The summed E-state index contributed by atoms with van der Waals surface area (Å²) in [6.07, 6.45) is 2.31. The van der Waals surface area contributed by atoms with Gasteiger partial charge in [-0.3, -0.25) is 14.2 Å². The Morgan fingerprint density at radius 1 is 1.21 bits per heavy atom. The number of hydrogen-bond acceptors (Lipinski definition) is 7. The maximum absolute atomic E-state index is 12.7. The molecular weight excluding hydrogens is 394 g/mol. The summed E-state index contributed by atoms with van der Waals surface area (Å²) in [5.74, 6) is 0.0982. The van der Waals surface area contributed by atoms with Gasteiger partial charge in [-0.1, -0.05) is 53.4 Å². The van der Waals surface area contributed by atoms with E-state index in [9.17, 15) is 9.59 Å². The Morgan fingerprint density at radius 3 is 2.71 bits per heavy atom. The van der Waals surface area contributed by atoms with Gasteiger partial charge in [0.2, 0.25) is 5.91 Å². The topological polar surface area (TPSA) is 80.1 Å². The summed E-state index contributed by atoms with van der Waals surface area (Å²) in [5.41, 5.74) is 1.41. The van der Waals surface area contributed by atoms with Crippen molar-refractivity contribution in [3.05, 3.63) is 46.2 Å². The minimum Gasteiger partial charge on any atom is -0.351 e. The molecule has 0 spiro atoms. The van der Waals surface area contributed by atoms with Gasteiger partial charge in [-0.15, -0.1) is 0 Å². The fourth-order valence-corrected chi connectivity index (χ4v) is 4.89. The summed E-state index contributed by atoms with van der Waals surface area (Å²) in [6, 6.07) is 9.75.